The van der Waals surface area contributed by atoms with Gasteiger partial charge in [-0.05, 0) is 37.8 Å². The van der Waals surface area contributed by atoms with Crippen LogP contribution in [0, 0.1) is 0 Å². The molecular weight excluding hydrogens is 278 g/mol. The molecule has 2 aliphatic heterocycles. The van der Waals surface area contributed by atoms with Gasteiger partial charge in [-0.2, -0.15) is 5.10 Å². The van der Waals surface area contributed by atoms with E-state index in [-0.39, 0.29) is 6.03 Å². The van der Waals surface area contributed by atoms with Gasteiger partial charge in [0.15, 0.2) is 0 Å². The van der Waals surface area contributed by atoms with Crippen LogP contribution in [0.25, 0.3) is 0 Å². The Hall–Kier alpha value is -2.37. The highest BCUT2D eigenvalue weighted by atomic mass is 16.2. The molecule has 1 aromatic heterocycles. The number of hydrogen-bond donors (Lipinski definition) is 1. The molecule has 2 saturated heterocycles. The number of benzene rings is 1. The molecule has 1 aromatic carbocycles. The van der Waals surface area contributed by atoms with Gasteiger partial charge in [-0.15, -0.1) is 0 Å². The predicted molar refractivity (Wildman–Crippen MR) is 82.4 cm³/mol. The molecule has 2 aliphatic rings. The quantitative estimate of drug-likeness (QED) is 0.927. The molecule has 2 unspecified atom stereocenters. The maximum absolute atomic E-state index is 12.6. The van der Waals surface area contributed by atoms with E-state index in [4.69, 9.17) is 0 Å². The SMILES string of the molecule is O=C(Nc1ccccc1)N1C2CCC1CC(n1cncn1)C2. The molecule has 6 heteroatoms. The van der Waals surface area contributed by atoms with Crippen LogP contribution in [0.4, 0.5) is 10.5 Å². The van der Waals surface area contributed by atoms with Crippen LogP contribution in [0.15, 0.2) is 43.0 Å². The molecule has 6 nitrogen and oxygen atoms in total. The van der Waals surface area contributed by atoms with Crippen LogP contribution in [-0.4, -0.2) is 37.8 Å². The molecule has 2 fully saturated rings. The Balaban J connectivity index is 1.47. The van der Waals surface area contributed by atoms with Crippen LogP contribution in [0.3, 0.4) is 0 Å². The van der Waals surface area contributed by atoms with Gasteiger partial charge in [-0.25, -0.2) is 14.5 Å². The lowest BCUT2D eigenvalue weighted by Gasteiger charge is -2.38. The first-order chi connectivity index (χ1) is 10.8. The first-order valence-electron chi connectivity index (χ1n) is 7.80. The monoisotopic (exact) mass is 297 g/mol. The van der Waals surface area contributed by atoms with Crippen molar-refractivity contribution >= 4 is 11.7 Å². The first-order valence-corrected chi connectivity index (χ1v) is 7.80. The molecule has 0 radical (unpaired) electrons. The lowest BCUT2D eigenvalue weighted by atomic mass is 9.98. The average Bonchev–Trinajstić information content (AvgIpc) is 3.15. The maximum atomic E-state index is 12.6. The van der Waals surface area contributed by atoms with E-state index < -0.39 is 0 Å². The lowest BCUT2D eigenvalue weighted by Crippen LogP contribution is -2.48. The van der Waals surface area contributed by atoms with Crippen molar-refractivity contribution in [1.29, 1.82) is 0 Å². The summed E-state index contributed by atoms with van der Waals surface area (Å²) in [6.45, 7) is 0. The van der Waals surface area contributed by atoms with Crippen LogP contribution in [0.1, 0.15) is 31.7 Å². The number of urea groups is 1. The van der Waals surface area contributed by atoms with Crippen molar-refractivity contribution in [2.24, 2.45) is 0 Å². The number of carbonyl (C=O) groups excluding carboxylic acids is 1. The van der Waals surface area contributed by atoms with Gasteiger partial charge in [-0.3, -0.25) is 0 Å². The molecule has 0 spiro atoms. The fourth-order valence-electron chi connectivity index (χ4n) is 3.81. The average molecular weight is 297 g/mol. The number of amides is 2. The Bertz CT molecular complexity index is 628. The summed E-state index contributed by atoms with van der Waals surface area (Å²) in [6, 6.07) is 10.6. The van der Waals surface area contributed by atoms with E-state index in [1.54, 1.807) is 12.7 Å². The number of para-hydroxylation sites is 1. The number of piperidine rings is 1. The molecule has 2 amide bonds. The summed E-state index contributed by atoms with van der Waals surface area (Å²) in [7, 11) is 0. The number of nitrogens with zero attached hydrogens (tertiary/aromatic N) is 4. The fourth-order valence-corrected chi connectivity index (χ4v) is 3.81. The number of hydrogen-bond acceptors (Lipinski definition) is 3. The smallest absolute Gasteiger partial charge is 0.318 e. The summed E-state index contributed by atoms with van der Waals surface area (Å²) in [6.07, 6.45) is 7.44. The van der Waals surface area contributed by atoms with Crippen LogP contribution < -0.4 is 5.32 Å². The third kappa shape index (κ3) is 2.34. The minimum absolute atomic E-state index is 0.0238. The van der Waals surface area contributed by atoms with Gasteiger partial charge in [0, 0.05) is 17.8 Å². The van der Waals surface area contributed by atoms with Crippen molar-refractivity contribution in [3.8, 4) is 0 Å². The summed E-state index contributed by atoms with van der Waals surface area (Å²) in [5, 5.41) is 7.27. The Morgan fingerprint density at radius 3 is 2.45 bits per heavy atom. The lowest BCUT2D eigenvalue weighted by molar-refractivity contribution is 0.129. The fraction of sp³-hybridized carbons (Fsp3) is 0.438. The molecule has 0 aliphatic carbocycles. The summed E-state index contributed by atoms with van der Waals surface area (Å²) in [4.78, 5) is 18.7. The Labute approximate surface area is 129 Å². The van der Waals surface area contributed by atoms with Gasteiger partial charge >= 0.3 is 6.03 Å². The van der Waals surface area contributed by atoms with Crippen LogP contribution >= 0.6 is 0 Å². The van der Waals surface area contributed by atoms with E-state index in [0.29, 0.717) is 18.1 Å². The van der Waals surface area contributed by atoms with E-state index in [9.17, 15) is 4.79 Å². The van der Waals surface area contributed by atoms with Crippen molar-refractivity contribution in [1.82, 2.24) is 19.7 Å². The van der Waals surface area contributed by atoms with Crippen molar-refractivity contribution in [2.75, 3.05) is 5.32 Å². The van der Waals surface area contributed by atoms with Crippen molar-refractivity contribution in [3.63, 3.8) is 0 Å². The number of rotatable bonds is 2. The summed E-state index contributed by atoms with van der Waals surface area (Å²) in [5.41, 5.74) is 0.852. The van der Waals surface area contributed by atoms with Crippen LogP contribution in [0.5, 0.6) is 0 Å². The molecular formula is C16H19N5O. The molecule has 2 bridgehead atoms. The summed E-state index contributed by atoms with van der Waals surface area (Å²) >= 11 is 0. The minimum Gasteiger partial charge on any atom is -0.318 e. The second-order valence-corrected chi connectivity index (χ2v) is 6.09. The molecule has 2 atom stereocenters. The minimum atomic E-state index is 0.0238. The Morgan fingerprint density at radius 2 is 1.82 bits per heavy atom. The van der Waals surface area contributed by atoms with Crippen molar-refractivity contribution in [2.45, 2.75) is 43.8 Å². The van der Waals surface area contributed by atoms with Gasteiger partial charge in [0.25, 0.3) is 0 Å². The zero-order valence-corrected chi connectivity index (χ0v) is 12.3. The standard InChI is InChI=1S/C16H19N5O/c22-16(19-12-4-2-1-3-5-12)21-13-6-7-14(21)9-15(8-13)20-11-17-10-18-20/h1-5,10-11,13-15H,6-9H2,(H,19,22). The zero-order valence-electron chi connectivity index (χ0n) is 12.3. The largest absolute Gasteiger partial charge is 0.322 e. The third-order valence-corrected chi connectivity index (χ3v) is 4.78. The molecule has 2 aromatic rings. The van der Waals surface area contributed by atoms with Crippen molar-refractivity contribution in [3.05, 3.63) is 43.0 Å². The van der Waals surface area contributed by atoms with E-state index >= 15 is 0 Å². The van der Waals surface area contributed by atoms with Crippen molar-refractivity contribution < 1.29 is 4.79 Å². The zero-order chi connectivity index (χ0) is 14.9. The van der Waals surface area contributed by atoms with E-state index in [1.165, 1.54) is 0 Å². The number of carbonyl (C=O) groups is 1. The molecule has 114 valence electrons. The van der Waals surface area contributed by atoms with E-state index in [1.807, 2.05) is 39.9 Å². The summed E-state index contributed by atoms with van der Waals surface area (Å²) in [5.74, 6) is 0. The molecule has 1 N–H and O–H groups in total. The van der Waals surface area contributed by atoms with E-state index in [2.05, 4.69) is 15.4 Å². The van der Waals surface area contributed by atoms with E-state index in [0.717, 1.165) is 31.4 Å². The normalized spacial score (nSPS) is 26.9. The van der Waals surface area contributed by atoms with Gasteiger partial charge < -0.3 is 10.2 Å². The highest BCUT2D eigenvalue weighted by Crippen LogP contribution is 2.40. The number of anilines is 1. The number of aromatic nitrogens is 3. The van der Waals surface area contributed by atoms with Gasteiger partial charge in [-0.1, -0.05) is 18.2 Å². The molecule has 3 heterocycles. The topological polar surface area (TPSA) is 63.1 Å². The third-order valence-electron chi connectivity index (χ3n) is 4.78. The Kier molecular flexibility index (Phi) is 3.29. The highest BCUT2D eigenvalue weighted by Gasteiger charge is 2.44. The highest BCUT2D eigenvalue weighted by molar-refractivity contribution is 5.90. The number of nitrogens with one attached hydrogen (secondary N) is 1. The predicted octanol–water partition coefficient (Wildman–Crippen LogP) is 2.68. The van der Waals surface area contributed by atoms with Crippen LogP contribution in [-0.2, 0) is 0 Å². The maximum Gasteiger partial charge on any atom is 0.322 e. The second kappa shape index (κ2) is 5.44. The van der Waals surface area contributed by atoms with Gasteiger partial charge in [0.05, 0.1) is 6.04 Å². The molecule has 22 heavy (non-hydrogen) atoms. The second-order valence-electron chi connectivity index (χ2n) is 6.09. The van der Waals surface area contributed by atoms with Gasteiger partial charge in [0.2, 0.25) is 0 Å². The number of fused-ring (bicyclic) bond motifs is 2. The van der Waals surface area contributed by atoms with Crippen LogP contribution in [0.2, 0.25) is 0 Å². The summed E-state index contributed by atoms with van der Waals surface area (Å²) < 4.78 is 1.94. The Morgan fingerprint density at radius 1 is 1.09 bits per heavy atom. The van der Waals surface area contributed by atoms with Gasteiger partial charge in [0.1, 0.15) is 12.7 Å². The molecule has 4 rings (SSSR count). The molecule has 0 saturated carbocycles. The first kappa shape index (κ1) is 13.3.